The van der Waals surface area contributed by atoms with Gasteiger partial charge in [-0.25, -0.2) is 12.7 Å². The van der Waals surface area contributed by atoms with Crippen molar-refractivity contribution in [1.82, 2.24) is 14.9 Å². The zero-order valence-electron chi connectivity index (χ0n) is 14.4. The molecule has 0 aromatic heterocycles. The molecule has 1 aliphatic heterocycles. The monoisotopic (exact) mass is 332 g/mol. The molecule has 0 aromatic rings. The van der Waals surface area contributed by atoms with Crippen LogP contribution in [0.5, 0.6) is 0 Å². The molecule has 0 spiro atoms. The standard InChI is InChI=1S/C15H32N4O2S/c1-13(2)6-5-9-17-15(16-3)18-12-14-7-10-19(11-8-14)22(4,20)21/h13-14H,5-12H2,1-4H3,(H2,16,17,18). The van der Waals surface area contributed by atoms with E-state index < -0.39 is 10.0 Å². The number of rotatable bonds is 7. The molecule has 130 valence electrons. The smallest absolute Gasteiger partial charge is 0.211 e. The molecule has 1 rings (SSSR count). The third kappa shape index (κ3) is 7.45. The minimum atomic E-state index is -3.03. The molecule has 0 unspecified atom stereocenters. The van der Waals surface area contributed by atoms with Gasteiger partial charge in [0.05, 0.1) is 6.26 Å². The van der Waals surface area contributed by atoms with Crippen LogP contribution in [0.1, 0.15) is 39.5 Å². The fourth-order valence-corrected chi connectivity index (χ4v) is 3.50. The summed E-state index contributed by atoms with van der Waals surface area (Å²) in [6.45, 7) is 7.51. The summed E-state index contributed by atoms with van der Waals surface area (Å²) in [5, 5.41) is 6.68. The Labute approximate surface area is 135 Å². The summed E-state index contributed by atoms with van der Waals surface area (Å²) >= 11 is 0. The van der Waals surface area contributed by atoms with Gasteiger partial charge < -0.3 is 10.6 Å². The highest BCUT2D eigenvalue weighted by atomic mass is 32.2. The molecule has 0 saturated carbocycles. The van der Waals surface area contributed by atoms with Crippen molar-refractivity contribution in [2.45, 2.75) is 39.5 Å². The van der Waals surface area contributed by atoms with E-state index in [4.69, 9.17) is 0 Å². The van der Waals surface area contributed by atoms with E-state index >= 15 is 0 Å². The lowest BCUT2D eigenvalue weighted by Gasteiger charge is -2.30. The molecular weight excluding hydrogens is 300 g/mol. The number of guanidine groups is 1. The maximum absolute atomic E-state index is 11.5. The van der Waals surface area contributed by atoms with Gasteiger partial charge in [-0.05, 0) is 37.5 Å². The molecule has 0 radical (unpaired) electrons. The quantitative estimate of drug-likeness (QED) is 0.418. The molecule has 0 bridgehead atoms. The van der Waals surface area contributed by atoms with Gasteiger partial charge in [0.2, 0.25) is 10.0 Å². The summed E-state index contributed by atoms with van der Waals surface area (Å²) in [5.41, 5.74) is 0. The van der Waals surface area contributed by atoms with Crippen molar-refractivity contribution in [2.75, 3.05) is 39.5 Å². The van der Waals surface area contributed by atoms with Crippen molar-refractivity contribution in [3.8, 4) is 0 Å². The van der Waals surface area contributed by atoms with Gasteiger partial charge in [-0.3, -0.25) is 4.99 Å². The lowest BCUT2D eigenvalue weighted by atomic mass is 9.98. The Bertz CT molecular complexity index is 440. The van der Waals surface area contributed by atoms with Crippen molar-refractivity contribution in [3.05, 3.63) is 0 Å². The molecule has 22 heavy (non-hydrogen) atoms. The van der Waals surface area contributed by atoms with E-state index in [1.54, 1.807) is 11.4 Å². The van der Waals surface area contributed by atoms with Crippen molar-refractivity contribution in [1.29, 1.82) is 0 Å². The van der Waals surface area contributed by atoms with Crippen LogP contribution in [0.2, 0.25) is 0 Å². The number of aliphatic imine (C=N–C) groups is 1. The maximum atomic E-state index is 11.5. The molecule has 0 aliphatic carbocycles. The van der Waals surface area contributed by atoms with Gasteiger partial charge in [0.25, 0.3) is 0 Å². The second-order valence-corrected chi connectivity index (χ2v) is 8.50. The van der Waals surface area contributed by atoms with Crippen LogP contribution in [0.3, 0.4) is 0 Å². The van der Waals surface area contributed by atoms with E-state index in [0.717, 1.165) is 44.2 Å². The van der Waals surface area contributed by atoms with Gasteiger partial charge in [0, 0.05) is 33.2 Å². The Morgan fingerprint density at radius 3 is 2.41 bits per heavy atom. The van der Waals surface area contributed by atoms with Crippen LogP contribution >= 0.6 is 0 Å². The van der Waals surface area contributed by atoms with Crippen molar-refractivity contribution < 1.29 is 8.42 Å². The minimum absolute atomic E-state index is 0.507. The Balaban J connectivity index is 2.22. The molecule has 0 atom stereocenters. The van der Waals surface area contributed by atoms with Crippen LogP contribution in [-0.2, 0) is 10.0 Å². The average Bonchev–Trinajstić information content (AvgIpc) is 2.46. The van der Waals surface area contributed by atoms with Crippen LogP contribution in [0.4, 0.5) is 0 Å². The Morgan fingerprint density at radius 2 is 1.91 bits per heavy atom. The minimum Gasteiger partial charge on any atom is -0.356 e. The van der Waals surface area contributed by atoms with Gasteiger partial charge in [-0.1, -0.05) is 13.8 Å². The Morgan fingerprint density at radius 1 is 1.27 bits per heavy atom. The predicted octanol–water partition coefficient (Wildman–Crippen LogP) is 1.26. The largest absolute Gasteiger partial charge is 0.356 e. The summed E-state index contributed by atoms with van der Waals surface area (Å²) in [4.78, 5) is 4.23. The summed E-state index contributed by atoms with van der Waals surface area (Å²) in [6.07, 6.45) is 5.46. The first-order valence-electron chi connectivity index (χ1n) is 8.22. The molecule has 1 saturated heterocycles. The van der Waals surface area contributed by atoms with Crippen molar-refractivity contribution in [3.63, 3.8) is 0 Å². The molecule has 1 fully saturated rings. The summed E-state index contributed by atoms with van der Waals surface area (Å²) in [7, 11) is -1.25. The summed E-state index contributed by atoms with van der Waals surface area (Å²) in [5.74, 6) is 2.08. The number of nitrogens with one attached hydrogen (secondary N) is 2. The summed E-state index contributed by atoms with van der Waals surface area (Å²) in [6, 6.07) is 0. The highest BCUT2D eigenvalue weighted by molar-refractivity contribution is 7.88. The zero-order valence-corrected chi connectivity index (χ0v) is 15.2. The number of piperidine rings is 1. The second kappa shape index (κ2) is 9.35. The number of nitrogens with zero attached hydrogens (tertiary/aromatic N) is 2. The van der Waals surface area contributed by atoms with Gasteiger partial charge in [0.15, 0.2) is 5.96 Å². The topological polar surface area (TPSA) is 73.8 Å². The van der Waals surface area contributed by atoms with E-state index in [0.29, 0.717) is 19.0 Å². The molecule has 0 amide bonds. The summed E-state index contributed by atoms with van der Waals surface area (Å²) < 4.78 is 24.5. The van der Waals surface area contributed by atoms with E-state index in [2.05, 4.69) is 29.5 Å². The van der Waals surface area contributed by atoms with Crippen molar-refractivity contribution in [2.24, 2.45) is 16.8 Å². The predicted molar refractivity (Wildman–Crippen MR) is 92.6 cm³/mol. The highest BCUT2D eigenvalue weighted by Crippen LogP contribution is 2.18. The first kappa shape index (κ1) is 19.2. The second-order valence-electron chi connectivity index (χ2n) is 6.52. The van der Waals surface area contributed by atoms with Gasteiger partial charge in [-0.15, -0.1) is 0 Å². The van der Waals surface area contributed by atoms with Crippen LogP contribution in [0.25, 0.3) is 0 Å². The number of sulfonamides is 1. The normalized spacial score (nSPS) is 18.7. The SMILES string of the molecule is CN=C(NCCCC(C)C)NCC1CCN(S(C)(=O)=O)CC1. The van der Waals surface area contributed by atoms with Crippen molar-refractivity contribution >= 4 is 16.0 Å². The van der Waals surface area contributed by atoms with E-state index in [-0.39, 0.29) is 0 Å². The Kier molecular flexibility index (Phi) is 8.17. The van der Waals surface area contributed by atoms with Crippen LogP contribution in [0, 0.1) is 11.8 Å². The molecule has 2 N–H and O–H groups in total. The maximum Gasteiger partial charge on any atom is 0.211 e. The van der Waals surface area contributed by atoms with E-state index in [1.807, 2.05) is 0 Å². The number of hydrogen-bond acceptors (Lipinski definition) is 3. The fraction of sp³-hybridized carbons (Fsp3) is 0.933. The first-order chi connectivity index (χ1) is 10.3. The molecule has 1 heterocycles. The van der Waals surface area contributed by atoms with Crippen LogP contribution in [0.15, 0.2) is 4.99 Å². The molecular formula is C15H32N4O2S. The van der Waals surface area contributed by atoms with E-state index in [1.165, 1.54) is 12.7 Å². The first-order valence-corrected chi connectivity index (χ1v) is 10.1. The van der Waals surface area contributed by atoms with Gasteiger partial charge >= 0.3 is 0 Å². The molecule has 7 heteroatoms. The fourth-order valence-electron chi connectivity index (χ4n) is 2.62. The van der Waals surface area contributed by atoms with Crippen LogP contribution < -0.4 is 10.6 Å². The van der Waals surface area contributed by atoms with Crippen LogP contribution in [-0.4, -0.2) is 58.2 Å². The lowest BCUT2D eigenvalue weighted by Crippen LogP contribution is -2.44. The van der Waals surface area contributed by atoms with E-state index in [9.17, 15) is 8.42 Å². The number of hydrogen-bond donors (Lipinski definition) is 2. The highest BCUT2D eigenvalue weighted by Gasteiger charge is 2.24. The van der Waals surface area contributed by atoms with Gasteiger partial charge in [-0.2, -0.15) is 0 Å². The van der Waals surface area contributed by atoms with Gasteiger partial charge in [0.1, 0.15) is 0 Å². The molecule has 1 aliphatic rings. The average molecular weight is 333 g/mol. The lowest BCUT2D eigenvalue weighted by molar-refractivity contribution is 0.275. The third-order valence-corrected chi connectivity index (χ3v) is 5.38. The third-order valence-electron chi connectivity index (χ3n) is 4.08. The Hall–Kier alpha value is -0.820. The zero-order chi connectivity index (χ0) is 16.6. The molecule has 6 nitrogen and oxygen atoms in total. The molecule has 0 aromatic carbocycles.